The number of aromatic nitrogens is 1. The Morgan fingerprint density at radius 3 is 1.83 bits per heavy atom. The molecule has 0 saturated heterocycles. The van der Waals surface area contributed by atoms with E-state index < -0.39 is 5.41 Å². The Morgan fingerprint density at radius 2 is 1.00 bits per heavy atom. The monoisotopic (exact) mass is 780 g/mol. The van der Waals surface area contributed by atoms with E-state index in [0.29, 0.717) is 0 Å². The van der Waals surface area contributed by atoms with Crippen LogP contribution in [0.4, 0.5) is 17.1 Å². The summed E-state index contributed by atoms with van der Waals surface area (Å²) in [6.07, 6.45) is 0. The third-order valence-electron chi connectivity index (χ3n) is 13.0. The molecule has 0 bridgehead atoms. The molecule has 1 spiro atoms. The molecule has 2 nitrogen and oxygen atoms in total. The first-order valence-electron chi connectivity index (χ1n) is 20.7. The lowest BCUT2D eigenvalue weighted by Crippen LogP contribution is -2.36. The van der Waals surface area contributed by atoms with E-state index in [1.807, 2.05) is 11.8 Å². The van der Waals surface area contributed by atoms with E-state index in [0.717, 1.165) is 22.7 Å². The summed E-state index contributed by atoms with van der Waals surface area (Å²) in [4.78, 5) is 5.11. The molecular formula is C57H36N2S. The quantitative estimate of drug-likeness (QED) is 0.176. The van der Waals surface area contributed by atoms with Crippen molar-refractivity contribution in [2.24, 2.45) is 0 Å². The molecule has 280 valence electrons. The average molecular weight is 781 g/mol. The minimum atomic E-state index is -0.497. The van der Waals surface area contributed by atoms with E-state index in [2.05, 4.69) is 228 Å². The maximum atomic E-state index is 2.49. The predicted octanol–water partition coefficient (Wildman–Crippen LogP) is 15.4. The number of fused-ring (bicyclic) bond motifs is 12. The fourth-order valence-corrected chi connectivity index (χ4v) is 11.8. The van der Waals surface area contributed by atoms with E-state index in [1.165, 1.54) is 86.5 Å². The van der Waals surface area contributed by atoms with Gasteiger partial charge in [-0.15, -0.1) is 0 Å². The first-order valence-corrected chi connectivity index (χ1v) is 21.5. The number of anilines is 3. The molecular weight excluding hydrogens is 745 g/mol. The molecule has 0 atom stereocenters. The van der Waals surface area contributed by atoms with E-state index in [-0.39, 0.29) is 0 Å². The zero-order valence-corrected chi connectivity index (χ0v) is 33.4. The van der Waals surface area contributed by atoms with Crippen LogP contribution in [-0.4, -0.2) is 4.57 Å². The summed E-state index contributed by atoms with van der Waals surface area (Å²) in [5, 5.41) is 7.45. The van der Waals surface area contributed by atoms with Crippen LogP contribution in [0, 0.1) is 0 Å². The molecule has 2 heterocycles. The first-order chi connectivity index (χ1) is 29.8. The van der Waals surface area contributed by atoms with Crippen molar-refractivity contribution in [3.63, 3.8) is 0 Å². The smallest absolute Gasteiger partial charge is 0.0735 e. The molecule has 1 aromatic heterocycles. The molecule has 60 heavy (non-hydrogen) atoms. The van der Waals surface area contributed by atoms with Gasteiger partial charge in [0.25, 0.3) is 0 Å². The molecule has 3 heteroatoms. The fourth-order valence-electron chi connectivity index (χ4n) is 10.6. The van der Waals surface area contributed by atoms with E-state index in [9.17, 15) is 0 Å². The topological polar surface area (TPSA) is 8.17 Å². The Labute approximate surface area is 352 Å². The highest BCUT2D eigenvalue weighted by atomic mass is 32.2. The Bertz CT molecular complexity index is 3500. The Morgan fingerprint density at radius 1 is 0.383 bits per heavy atom. The highest BCUT2D eigenvalue weighted by molar-refractivity contribution is 7.99. The summed E-state index contributed by atoms with van der Waals surface area (Å²) in [6, 6.07) is 81.2. The van der Waals surface area contributed by atoms with Crippen molar-refractivity contribution in [3.05, 3.63) is 241 Å². The summed E-state index contributed by atoms with van der Waals surface area (Å²) in [7, 11) is 0. The molecule has 0 radical (unpaired) electrons. The van der Waals surface area contributed by atoms with E-state index in [4.69, 9.17) is 0 Å². The molecule has 0 unspecified atom stereocenters. The van der Waals surface area contributed by atoms with Gasteiger partial charge in [0.1, 0.15) is 0 Å². The minimum Gasteiger partial charge on any atom is -0.310 e. The summed E-state index contributed by atoms with van der Waals surface area (Å²) in [5.41, 5.74) is 14.3. The van der Waals surface area contributed by atoms with Crippen molar-refractivity contribution >= 4 is 72.2 Å². The largest absolute Gasteiger partial charge is 0.310 e. The number of nitrogens with zero attached hydrogens (tertiary/aromatic N) is 2. The zero-order chi connectivity index (χ0) is 39.4. The number of rotatable bonds is 4. The van der Waals surface area contributed by atoms with Crippen molar-refractivity contribution in [1.82, 2.24) is 4.57 Å². The Balaban J connectivity index is 1.14. The van der Waals surface area contributed by atoms with Crippen LogP contribution in [0.3, 0.4) is 0 Å². The molecule has 1 aliphatic carbocycles. The van der Waals surface area contributed by atoms with Gasteiger partial charge in [0.15, 0.2) is 0 Å². The normalized spacial score (nSPS) is 13.4. The molecule has 11 aromatic rings. The molecule has 0 amide bonds. The second-order valence-electron chi connectivity index (χ2n) is 16.0. The highest BCUT2D eigenvalue weighted by Gasteiger charge is 2.48. The number of para-hydroxylation sites is 2. The molecule has 0 fully saturated rings. The second-order valence-corrected chi connectivity index (χ2v) is 17.1. The van der Waals surface area contributed by atoms with Crippen molar-refractivity contribution in [2.75, 3.05) is 4.90 Å². The van der Waals surface area contributed by atoms with Crippen LogP contribution in [0.2, 0.25) is 0 Å². The third-order valence-corrected chi connectivity index (χ3v) is 14.2. The van der Waals surface area contributed by atoms with Crippen LogP contribution in [0.15, 0.2) is 228 Å². The maximum absolute atomic E-state index is 2.49. The van der Waals surface area contributed by atoms with Gasteiger partial charge in [-0.25, -0.2) is 0 Å². The molecule has 1 aliphatic heterocycles. The number of hydrogen-bond donors (Lipinski definition) is 0. The predicted molar refractivity (Wildman–Crippen MR) is 252 cm³/mol. The van der Waals surface area contributed by atoms with Gasteiger partial charge in [-0.05, 0) is 110 Å². The van der Waals surface area contributed by atoms with Gasteiger partial charge in [0, 0.05) is 43.0 Å². The SMILES string of the molecule is c1ccc(-n2c3ccccc3c3ccc(N(c4ccc5ccccc5c4)c4ccc5c6c(cccc46)C4(c6ccccc6Sc6ccccc64)c4ccccc4-5)cc32)cc1. The van der Waals surface area contributed by atoms with Crippen molar-refractivity contribution in [3.8, 4) is 16.8 Å². The van der Waals surface area contributed by atoms with Crippen molar-refractivity contribution < 1.29 is 0 Å². The molecule has 2 aliphatic rings. The molecule has 10 aromatic carbocycles. The van der Waals surface area contributed by atoms with Gasteiger partial charge in [0.2, 0.25) is 0 Å². The zero-order valence-electron chi connectivity index (χ0n) is 32.6. The highest BCUT2D eigenvalue weighted by Crippen LogP contribution is 2.62. The van der Waals surface area contributed by atoms with Gasteiger partial charge in [-0.1, -0.05) is 169 Å². The summed E-state index contributed by atoms with van der Waals surface area (Å²) in [5.74, 6) is 0. The lowest BCUT2D eigenvalue weighted by atomic mass is 9.59. The van der Waals surface area contributed by atoms with Gasteiger partial charge in [-0.3, -0.25) is 0 Å². The standard InChI is InChI=1S/C57H36N2S/c1-2-17-39(18-3-1)59-51-26-11-7-20-43(51)44-32-31-41(36-53(44)59)58(40-30-29-37-15-4-5-16-38(37)35-40)52-34-33-45-42-19-6-8-22-47(42)57(50-25-14-21-46(52)56(45)50)48-23-9-12-27-54(48)60-55-28-13-10-24-49(55)57/h1-36H. The average Bonchev–Trinajstić information content (AvgIpc) is 3.64. The number of benzene rings is 10. The van der Waals surface area contributed by atoms with Crippen LogP contribution in [0.25, 0.3) is 60.2 Å². The second kappa shape index (κ2) is 12.8. The van der Waals surface area contributed by atoms with Crippen LogP contribution in [-0.2, 0) is 5.41 Å². The Hall–Kier alpha value is -7.33. The van der Waals surface area contributed by atoms with Crippen molar-refractivity contribution in [2.45, 2.75) is 15.2 Å². The Kier molecular flexibility index (Phi) is 7.19. The lowest BCUT2D eigenvalue weighted by molar-refractivity contribution is 0.707. The summed E-state index contributed by atoms with van der Waals surface area (Å²) >= 11 is 1.89. The van der Waals surface area contributed by atoms with Gasteiger partial charge >= 0.3 is 0 Å². The lowest BCUT2D eigenvalue weighted by Gasteiger charge is -2.46. The molecule has 0 saturated carbocycles. The van der Waals surface area contributed by atoms with E-state index >= 15 is 0 Å². The van der Waals surface area contributed by atoms with Gasteiger partial charge in [0.05, 0.1) is 22.1 Å². The van der Waals surface area contributed by atoms with Crippen LogP contribution in [0.1, 0.15) is 22.3 Å². The summed E-state index contributed by atoms with van der Waals surface area (Å²) < 4.78 is 2.42. The van der Waals surface area contributed by atoms with Crippen LogP contribution in [0.5, 0.6) is 0 Å². The molecule has 0 N–H and O–H groups in total. The minimum absolute atomic E-state index is 0.497. The van der Waals surface area contributed by atoms with Gasteiger partial charge in [-0.2, -0.15) is 0 Å². The summed E-state index contributed by atoms with van der Waals surface area (Å²) in [6.45, 7) is 0. The maximum Gasteiger partial charge on any atom is 0.0735 e. The fraction of sp³-hybridized carbons (Fsp3) is 0.0175. The molecule has 13 rings (SSSR count). The van der Waals surface area contributed by atoms with Crippen LogP contribution >= 0.6 is 11.8 Å². The first kappa shape index (κ1) is 33.6. The van der Waals surface area contributed by atoms with E-state index in [1.54, 1.807) is 0 Å². The van der Waals surface area contributed by atoms with Gasteiger partial charge < -0.3 is 9.47 Å². The third kappa shape index (κ3) is 4.61. The van der Waals surface area contributed by atoms with Crippen molar-refractivity contribution in [1.29, 1.82) is 0 Å². The van der Waals surface area contributed by atoms with Crippen LogP contribution < -0.4 is 4.90 Å². The number of hydrogen-bond acceptors (Lipinski definition) is 2.